The molecule has 2 fully saturated rings. The Hall–Kier alpha value is -1.94. The van der Waals surface area contributed by atoms with Gasteiger partial charge in [0, 0.05) is 26.2 Å². The average molecular weight is 362 g/mol. The number of piperidine rings is 1. The fourth-order valence-corrected chi connectivity index (χ4v) is 3.52. The van der Waals surface area contributed by atoms with Crippen LogP contribution in [0.3, 0.4) is 0 Å². The molecule has 130 valence electrons. The van der Waals surface area contributed by atoms with Gasteiger partial charge in [-0.05, 0) is 24.4 Å². The molecule has 4 rings (SSSR count). The van der Waals surface area contributed by atoms with Gasteiger partial charge in [-0.3, -0.25) is 4.79 Å². The Bertz CT molecular complexity index is 787. The maximum atomic E-state index is 11.3. The van der Waals surface area contributed by atoms with Gasteiger partial charge in [0.1, 0.15) is 0 Å². The van der Waals surface area contributed by atoms with Crippen LogP contribution in [0, 0.1) is 0 Å². The summed E-state index contributed by atoms with van der Waals surface area (Å²) in [5.74, 6) is 0.306. The van der Waals surface area contributed by atoms with E-state index in [4.69, 9.17) is 24.2 Å². The second-order valence-corrected chi connectivity index (χ2v) is 6.52. The number of aromatic nitrogens is 5. The van der Waals surface area contributed by atoms with E-state index >= 15 is 0 Å². The summed E-state index contributed by atoms with van der Waals surface area (Å²) in [6.45, 7) is 3.93. The summed E-state index contributed by atoms with van der Waals surface area (Å²) in [6.07, 6.45) is 1.49. The third-order valence-electron chi connectivity index (χ3n) is 4.71. The van der Waals surface area contributed by atoms with Crippen molar-refractivity contribution in [2.75, 3.05) is 44.3 Å². The van der Waals surface area contributed by atoms with Crippen molar-refractivity contribution in [2.45, 2.75) is 18.9 Å². The van der Waals surface area contributed by atoms with Gasteiger partial charge in [-0.1, -0.05) is 5.21 Å². The number of carbonyl (C=O) groups is 1. The van der Waals surface area contributed by atoms with Crippen molar-refractivity contribution in [1.29, 1.82) is 0 Å². The van der Waals surface area contributed by atoms with Crippen LogP contribution in [-0.4, -0.2) is 82.9 Å². The van der Waals surface area contributed by atoms with E-state index in [1.807, 2.05) is 0 Å². The number of carbonyl (C=O) groups excluding carboxylic acids is 1. The predicted molar refractivity (Wildman–Crippen MR) is 92.2 cm³/mol. The summed E-state index contributed by atoms with van der Waals surface area (Å²) in [4.78, 5) is 23.7. The summed E-state index contributed by atoms with van der Waals surface area (Å²) in [5.41, 5.74) is 1.27. The Morgan fingerprint density at radius 2 is 1.88 bits per heavy atom. The molecule has 0 N–H and O–H groups in total. The van der Waals surface area contributed by atoms with E-state index in [2.05, 4.69) is 25.2 Å². The summed E-state index contributed by atoms with van der Waals surface area (Å²) in [7, 11) is 5.34. The molecule has 0 unspecified atom stereocenters. The summed E-state index contributed by atoms with van der Waals surface area (Å²) >= 11 is 6.16. The minimum atomic E-state index is -0.387. The number of nitrogens with zero attached hydrogens (tertiary/aromatic N) is 7. The molecule has 1 amide bonds. The fraction of sp³-hybridized carbons (Fsp3) is 0.643. The molecule has 2 aromatic heterocycles. The molecule has 25 heavy (non-hydrogen) atoms. The molecule has 2 aromatic rings. The van der Waals surface area contributed by atoms with Crippen molar-refractivity contribution in [3.8, 4) is 0 Å². The van der Waals surface area contributed by atoms with Crippen molar-refractivity contribution in [3.05, 3.63) is 5.28 Å². The number of morpholine rings is 1. The molecule has 0 bridgehead atoms. The van der Waals surface area contributed by atoms with Crippen molar-refractivity contribution in [3.63, 3.8) is 0 Å². The molecule has 2 aliphatic rings. The van der Waals surface area contributed by atoms with Gasteiger partial charge in [0.15, 0.2) is 22.8 Å². The third-order valence-corrected chi connectivity index (χ3v) is 4.88. The molecular formula is C14H17BClN7O2. The minimum absolute atomic E-state index is 0.101. The van der Waals surface area contributed by atoms with Gasteiger partial charge in [-0.2, -0.15) is 9.97 Å². The highest BCUT2D eigenvalue weighted by atomic mass is 35.5. The highest BCUT2D eigenvalue weighted by Gasteiger charge is 2.27. The Kier molecular flexibility index (Phi) is 4.47. The summed E-state index contributed by atoms with van der Waals surface area (Å²) in [5, 5.41) is 8.78. The molecule has 0 atom stereocenters. The Balaban J connectivity index is 1.65. The van der Waals surface area contributed by atoms with Gasteiger partial charge in [-0.25, -0.2) is 4.68 Å². The van der Waals surface area contributed by atoms with Crippen LogP contribution in [0.4, 0.5) is 10.6 Å². The molecule has 2 aliphatic heterocycles. The van der Waals surface area contributed by atoms with Gasteiger partial charge in [0.05, 0.1) is 19.3 Å². The molecule has 0 saturated carbocycles. The lowest BCUT2D eigenvalue weighted by atomic mass is 10.0. The largest absolute Gasteiger partial charge is 0.378 e. The van der Waals surface area contributed by atoms with Gasteiger partial charge >= 0.3 is 0 Å². The first kappa shape index (κ1) is 16.5. The van der Waals surface area contributed by atoms with Gasteiger partial charge in [-0.15, -0.1) is 5.10 Å². The highest BCUT2D eigenvalue weighted by Crippen LogP contribution is 2.29. The second kappa shape index (κ2) is 6.76. The number of fused-ring (bicyclic) bond motifs is 1. The number of likely N-dealkylation sites (tertiary alicyclic amines) is 1. The van der Waals surface area contributed by atoms with E-state index in [1.165, 1.54) is 0 Å². The summed E-state index contributed by atoms with van der Waals surface area (Å²) in [6, 6.07) is 0.101. The quantitative estimate of drug-likeness (QED) is 0.572. The maximum Gasteiger partial charge on any atom is 0.226 e. The topological polar surface area (TPSA) is 89.3 Å². The number of hydrogen-bond donors (Lipinski definition) is 0. The van der Waals surface area contributed by atoms with Crippen LogP contribution in [0.5, 0.6) is 0 Å². The second-order valence-electron chi connectivity index (χ2n) is 6.18. The zero-order valence-electron chi connectivity index (χ0n) is 13.6. The van der Waals surface area contributed by atoms with Crippen LogP contribution in [-0.2, 0) is 4.74 Å². The zero-order chi connectivity index (χ0) is 17.4. The Morgan fingerprint density at radius 3 is 2.56 bits per heavy atom. The first-order valence-electron chi connectivity index (χ1n) is 8.29. The van der Waals surface area contributed by atoms with Crippen LogP contribution in [0.1, 0.15) is 18.9 Å². The van der Waals surface area contributed by atoms with Gasteiger partial charge < -0.3 is 14.5 Å². The number of hydrogen-bond acceptors (Lipinski definition) is 7. The molecule has 11 heteroatoms. The van der Waals surface area contributed by atoms with Crippen LogP contribution in [0.2, 0.25) is 5.28 Å². The predicted octanol–water partition coefficient (Wildman–Crippen LogP) is 0.637. The molecule has 0 aromatic carbocycles. The molecular weight excluding hydrogens is 344 g/mol. The lowest BCUT2D eigenvalue weighted by Gasteiger charge is -2.31. The number of rotatable bonds is 2. The minimum Gasteiger partial charge on any atom is -0.378 e. The lowest BCUT2D eigenvalue weighted by Crippen LogP contribution is -2.38. The SMILES string of the molecule is [B]C(=O)N1CCC(n2nnc3c(N4CCOCC4)nc(Cl)nc32)CC1. The van der Waals surface area contributed by atoms with Gasteiger partial charge in [0.25, 0.3) is 0 Å². The van der Waals surface area contributed by atoms with E-state index in [-0.39, 0.29) is 17.1 Å². The number of halogens is 1. The van der Waals surface area contributed by atoms with Crippen LogP contribution in [0.15, 0.2) is 0 Å². The van der Waals surface area contributed by atoms with E-state index in [0.29, 0.717) is 43.3 Å². The fourth-order valence-electron chi connectivity index (χ4n) is 3.36. The third kappa shape index (κ3) is 3.15. The van der Waals surface area contributed by atoms with Crippen molar-refractivity contribution >= 4 is 42.2 Å². The highest BCUT2D eigenvalue weighted by molar-refractivity contribution is 6.56. The molecule has 4 heterocycles. The smallest absolute Gasteiger partial charge is 0.226 e. The van der Waals surface area contributed by atoms with Crippen molar-refractivity contribution in [2.24, 2.45) is 0 Å². The van der Waals surface area contributed by atoms with E-state index in [1.54, 1.807) is 9.58 Å². The normalized spacial score (nSPS) is 19.6. The van der Waals surface area contributed by atoms with E-state index in [0.717, 1.165) is 25.9 Å². The molecule has 0 aliphatic carbocycles. The first-order valence-corrected chi connectivity index (χ1v) is 8.67. The van der Waals surface area contributed by atoms with Crippen LogP contribution >= 0.6 is 11.6 Å². The van der Waals surface area contributed by atoms with Crippen molar-refractivity contribution < 1.29 is 9.53 Å². The van der Waals surface area contributed by atoms with Crippen molar-refractivity contribution in [1.82, 2.24) is 29.9 Å². The number of amides is 1. The molecule has 0 spiro atoms. The Morgan fingerprint density at radius 1 is 1.16 bits per heavy atom. The maximum absolute atomic E-state index is 11.3. The standard InChI is InChI=1S/C14H17BClN7O2/c15-13(24)22-3-1-9(2-4-22)23-12-10(19-20-23)11(17-14(16)18-12)21-5-7-25-8-6-21/h9H,1-8H2. The monoisotopic (exact) mass is 361 g/mol. The average Bonchev–Trinajstić information content (AvgIpc) is 3.05. The molecule has 2 radical (unpaired) electrons. The van der Waals surface area contributed by atoms with Crippen LogP contribution in [0.25, 0.3) is 11.2 Å². The molecule has 9 nitrogen and oxygen atoms in total. The molecule has 2 saturated heterocycles. The Labute approximate surface area is 150 Å². The first-order chi connectivity index (χ1) is 12.1. The van der Waals surface area contributed by atoms with E-state index < -0.39 is 0 Å². The summed E-state index contributed by atoms with van der Waals surface area (Å²) < 4.78 is 7.19. The number of anilines is 1. The zero-order valence-corrected chi connectivity index (χ0v) is 14.4. The lowest BCUT2D eigenvalue weighted by molar-refractivity contribution is 0.122. The van der Waals surface area contributed by atoms with Gasteiger partial charge in [0.2, 0.25) is 13.1 Å². The van der Waals surface area contributed by atoms with E-state index in [9.17, 15) is 4.79 Å². The van der Waals surface area contributed by atoms with Crippen LogP contribution < -0.4 is 4.90 Å². The number of ether oxygens (including phenoxy) is 1.